The first-order valence-electron chi connectivity index (χ1n) is 11.7. The predicted molar refractivity (Wildman–Crippen MR) is 144 cm³/mol. The summed E-state index contributed by atoms with van der Waals surface area (Å²) in [6.07, 6.45) is 1.10. The Morgan fingerprint density at radius 2 is 1.03 bits per heavy atom. The summed E-state index contributed by atoms with van der Waals surface area (Å²) >= 11 is 0. The topological polar surface area (TPSA) is 0 Å². The first-order valence-corrected chi connectivity index (χ1v) is 11.7. The molecule has 0 heterocycles. The monoisotopic (exact) mass is 584 g/mol. The average molecular weight is 587 g/mol. The molecular formula is C33H28Cl2Zr. The van der Waals surface area contributed by atoms with Gasteiger partial charge in [-0.05, 0) is 17.5 Å². The van der Waals surface area contributed by atoms with Crippen molar-refractivity contribution in [2.75, 3.05) is 0 Å². The molecule has 6 rings (SSSR count). The number of halogens is 2. The van der Waals surface area contributed by atoms with Crippen molar-refractivity contribution in [1.29, 1.82) is 0 Å². The van der Waals surface area contributed by atoms with Gasteiger partial charge in [-0.3, -0.25) is 0 Å². The van der Waals surface area contributed by atoms with Crippen molar-refractivity contribution in [3.63, 3.8) is 0 Å². The van der Waals surface area contributed by atoms with E-state index >= 15 is 0 Å². The van der Waals surface area contributed by atoms with Crippen molar-refractivity contribution in [3.05, 3.63) is 132 Å². The standard InChI is InChI=1S/C17H15.C16H13.2ClH.Zr/c1-2-13-11-15-9-6-10-16(17(15)12-13)14-7-4-3-5-8-14;1-12-10-14-8-5-9-15(16(14)11-12)13-6-3-2-4-7-13;;;/h3-12H,2H2,1H3;2-11H,1H3;2*1H;/q2*-1;;;+4/p-2. The molecule has 0 aliphatic carbocycles. The third kappa shape index (κ3) is 6.46. The maximum absolute atomic E-state index is 2.32. The van der Waals surface area contributed by atoms with Crippen molar-refractivity contribution in [2.45, 2.75) is 20.3 Å². The average Bonchev–Trinajstić information content (AvgIpc) is 3.47. The molecule has 6 aromatic carbocycles. The van der Waals surface area contributed by atoms with Gasteiger partial charge in [0.25, 0.3) is 0 Å². The van der Waals surface area contributed by atoms with Crippen molar-refractivity contribution in [1.82, 2.24) is 0 Å². The Morgan fingerprint density at radius 1 is 0.556 bits per heavy atom. The van der Waals surface area contributed by atoms with Crippen molar-refractivity contribution in [3.8, 4) is 22.3 Å². The normalized spacial score (nSPS) is 9.94. The Kier molecular flexibility index (Phi) is 11.4. The molecule has 0 bridgehead atoms. The van der Waals surface area contributed by atoms with Crippen LogP contribution in [0.5, 0.6) is 0 Å². The van der Waals surface area contributed by atoms with Gasteiger partial charge >= 0.3 is 26.2 Å². The molecule has 0 unspecified atom stereocenters. The zero-order valence-electron chi connectivity index (χ0n) is 20.5. The molecule has 0 aliphatic heterocycles. The SMILES string of the molecule is CCc1cc2c(-c3ccccc3)cccc2[cH-]1.Cc1cc2c(-c3ccccc3)cccc2[cH-]1.[Cl-].[Cl-].[Zr+4]. The van der Waals surface area contributed by atoms with Crippen LogP contribution in [0, 0.1) is 6.92 Å². The van der Waals surface area contributed by atoms with E-state index in [4.69, 9.17) is 0 Å². The number of benzene rings is 4. The van der Waals surface area contributed by atoms with Crippen LogP contribution in [0.1, 0.15) is 18.1 Å². The molecule has 6 aromatic rings. The Hall–Kier alpha value is -2.44. The molecule has 0 atom stereocenters. The van der Waals surface area contributed by atoms with E-state index in [0.29, 0.717) is 0 Å². The zero-order chi connectivity index (χ0) is 22.6. The van der Waals surface area contributed by atoms with Crippen LogP contribution < -0.4 is 24.8 Å². The van der Waals surface area contributed by atoms with Crippen LogP contribution in [-0.4, -0.2) is 0 Å². The van der Waals surface area contributed by atoms with Gasteiger partial charge in [0.15, 0.2) is 0 Å². The minimum absolute atomic E-state index is 0. The Morgan fingerprint density at radius 3 is 1.53 bits per heavy atom. The van der Waals surface area contributed by atoms with Gasteiger partial charge in [-0.15, -0.1) is 69.1 Å². The second-order valence-corrected chi connectivity index (χ2v) is 8.60. The summed E-state index contributed by atoms with van der Waals surface area (Å²) < 4.78 is 0. The van der Waals surface area contributed by atoms with Crippen molar-refractivity contribution < 1.29 is 51.0 Å². The van der Waals surface area contributed by atoms with Crippen LogP contribution in [0.15, 0.2) is 121 Å². The van der Waals surface area contributed by atoms with Gasteiger partial charge in [0.05, 0.1) is 0 Å². The van der Waals surface area contributed by atoms with E-state index in [1.807, 2.05) is 0 Å². The van der Waals surface area contributed by atoms with Crippen LogP contribution in [0.4, 0.5) is 0 Å². The van der Waals surface area contributed by atoms with E-state index in [-0.39, 0.29) is 51.0 Å². The summed E-state index contributed by atoms with van der Waals surface area (Å²) in [4.78, 5) is 0. The summed E-state index contributed by atoms with van der Waals surface area (Å²) in [6.45, 7) is 4.35. The molecule has 0 spiro atoms. The summed E-state index contributed by atoms with van der Waals surface area (Å²) in [5.74, 6) is 0. The number of hydrogen-bond donors (Lipinski definition) is 0. The third-order valence-corrected chi connectivity index (χ3v) is 6.28. The predicted octanol–water partition coefficient (Wildman–Crippen LogP) is 3.33. The quantitative estimate of drug-likeness (QED) is 0.279. The smallest absolute Gasteiger partial charge is 1.00 e. The second-order valence-electron chi connectivity index (χ2n) is 8.60. The van der Waals surface area contributed by atoms with Gasteiger partial charge in [-0.1, -0.05) is 97.8 Å². The molecule has 0 aliphatic rings. The molecule has 0 nitrogen and oxygen atoms in total. The van der Waals surface area contributed by atoms with E-state index in [1.165, 1.54) is 54.9 Å². The molecule has 0 saturated carbocycles. The summed E-state index contributed by atoms with van der Waals surface area (Å²) in [7, 11) is 0. The first kappa shape index (κ1) is 29.8. The third-order valence-electron chi connectivity index (χ3n) is 6.28. The van der Waals surface area contributed by atoms with Crippen LogP contribution in [0.2, 0.25) is 0 Å². The molecule has 3 heteroatoms. The van der Waals surface area contributed by atoms with E-state index in [9.17, 15) is 0 Å². The van der Waals surface area contributed by atoms with Gasteiger partial charge in [0.1, 0.15) is 0 Å². The summed E-state index contributed by atoms with van der Waals surface area (Å²) in [5, 5.41) is 5.41. The second kappa shape index (κ2) is 13.8. The Labute approximate surface area is 246 Å². The molecular weight excluding hydrogens is 558 g/mol. The molecule has 0 radical (unpaired) electrons. The van der Waals surface area contributed by atoms with E-state index in [0.717, 1.165) is 6.42 Å². The van der Waals surface area contributed by atoms with Crippen LogP contribution >= 0.6 is 0 Å². The molecule has 0 N–H and O–H groups in total. The fraction of sp³-hybridized carbons (Fsp3) is 0.0909. The minimum Gasteiger partial charge on any atom is -1.00 e. The van der Waals surface area contributed by atoms with Crippen LogP contribution in [-0.2, 0) is 32.6 Å². The zero-order valence-corrected chi connectivity index (χ0v) is 24.5. The number of aryl methyl sites for hydroxylation is 2. The summed E-state index contributed by atoms with van der Waals surface area (Å²) in [5.41, 5.74) is 8.00. The maximum Gasteiger partial charge on any atom is 4.00 e. The maximum atomic E-state index is 2.32. The van der Waals surface area contributed by atoms with Crippen molar-refractivity contribution >= 4 is 21.5 Å². The fourth-order valence-electron chi connectivity index (χ4n) is 4.62. The number of hydrogen-bond acceptors (Lipinski definition) is 0. The van der Waals surface area contributed by atoms with E-state index < -0.39 is 0 Å². The van der Waals surface area contributed by atoms with Gasteiger partial charge in [-0.2, -0.15) is 12.1 Å². The van der Waals surface area contributed by atoms with Crippen molar-refractivity contribution in [2.24, 2.45) is 0 Å². The molecule has 0 amide bonds. The molecule has 0 fully saturated rings. The Bertz CT molecular complexity index is 1490. The molecule has 0 aromatic heterocycles. The summed E-state index contributed by atoms with van der Waals surface area (Å²) in [6, 6.07) is 43.3. The van der Waals surface area contributed by atoms with E-state index in [1.54, 1.807) is 0 Å². The molecule has 0 saturated heterocycles. The molecule has 178 valence electrons. The largest absolute Gasteiger partial charge is 4.00 e. The number of fused-ring (bicyclic) bond motifs is 2. The molecule has 36 heavy (non-hydrogen) atoms. The van der Waals surface area contributed by atoms with E-state index in [2.05, 4.69) is 135 Å². The van der Waals surface area contributed by atoms with Gasteiger partial charge < -0.3 is 24.8 Å². The van der Waals surface area contributed by atoms with Crippen LogP contribution in [0.3, 0.4) is 0 Å². The van der Waals surface area contributed by atoms with Gasteiger partial charge in [0.2, 0.25) is 0 Å². The Balaban J connectivity index is 0.000000234. The first-order chi connectivity index (χ1) is 16.2. The van der Waals surface area contributed by atoms with Crippen LogP contribution in [0.25, 0.3) is 43.8 Å². The minimum atomic E-state index is 0. The van der Waals surface area contributed by atoms with Gasteiger partial charge in [0, 0.05) is 0 Å². The van der Waals surface area contributed by atoms with Gasteiger partial charge in [-0.25, -0.2) is 0 Å². The fourth-order valence-corrected chi connectivity index (χ4v) is 4.62. The number of rotatable bonds is 3.